The van der Waals surface area contributed by atoms with Gasteiger partial charge < -0.3 is 4.74 Å². The Morgan fingerprint density at radius 1 is 1.46 bits per heavy atom. The van der Waals surface area contributed by atoms with Crippen LogP contribution in [0, 0.1) is 0 Å². The molecule has 0 aromatic carbocycles. The molecule has 2 aliphatic heterocycles. The van der Waals surface area contributed by atoms with Crippen LogP contribution in [0.5, 0.6) is 0 Å². The Morgan fingerprint density at radius 2 is 2.12 bits per heavy atom. The number of halogens is 6. The summed E-state index contributed by atoms with van der Waals surface area (Å²) in [5, 5.41) is 3.53. The van der Waals surface area contributed by atoms with E-state index in [2.05, 4.69) is 20.3 Å². The molecule has 136 valence electrons. The van der Waals surface area contributed by atoms with E-state index in [9.17, 15) is 31.1 Å². The minimum Gasteiger partial charge on any atom is -0.425 e. The molecule has 0 aromatic heterocycles. The molecule has 0 spiro atoms. The van der Waals surface area contributed by atoms with Crippen LogP contribution in [0.15, 0.2) is 10.1 Å². The number of carbonyl (C=O) groups is 1. The number of hydrogen-bond acceptors (Lipinski definition) is 6. The van der Waals surface area contributed by atoms with Gasteiger partial charge in [0.05, 0.1) is 18.8 Å². The van der Waals surface area contributed by atoms with Crippen molar-refractivity contribution in [3.05, 3.63) is 0 Å². The lowest BCUT2D eigenvalue weighted by atomic mass is 10.1. The SMILES string of the molecule is CC1(OC(=O)C(F)(F)F)NN=CC1=NC1CCN(CC(F)(F)F)C1. The number of ether oxygens (including phenoxy) is 1. The number of nitrogens with one attached hydrogen (secondary N) is 1. The molecule has 0 radical (unpaired) electrons. The van der Waals surface area contributed by atoms with Gasteiger partial charge in [0.15, 0.2) is 0 Å². The normalized spacial score (nSPS) is 30.0. The van der Waals surface area contributed by atoms with Gasteiger partial charge in [-0.1, -0.05) is 0 Å². The van der Waals surface area contributed by atoms with Gasteiger partial charge >= 0.3 is 18.3 Å². The summed E-state index contributed by atoms with van der Waals surface area (Å²) in [5.74, 6) is -2.42. The van der Waals surface area contributed by atoms with E-state index in [0.29, 0.717) is 6.42 Å². The van der Waals surface area contributed by atoms with Crippen molar-refractivity contribution >= 4 is 17.9 Å². The summed E-state index contributed by atoms with van der Waals surface area (Å²) < 4.78 is 78.4. The molecule has 6 nitrogen and oxygen atoms in total. The summed E-state index contributed by atoms with van der Waals surface area (Å²) in [5.41, 5.74) is 0.215. The number of likely N-dealkylation sites (tertiary alicyclic amines) is 1. The second-order valence-electron chi connectivity index (χ2n) is 5.60. The van der Waals surface area contributed by atoms with Gasteiger partial charge in [0.2, 0.25) is 5.72 Å². The zero-order valence-corrected chi connectivity index (χ0v) is 12.4. The Morgan fingerprint density at radius 3 is 2.71 bits per heavy atom. The van der Waals surface area contributed by atoms with Gasteiger partial charge in [-0.2, -0.15) is 31.4 Å². The predicted molar refractivity (Wildman–Crippen MR) is 70.5 cm³/mol. The summed E-state index contributed by atoms with van der Waals surface area (Å²) in [6.07, 6.45) is -8.14. The first kappa shape index (κ1) is 18.5. The third-order valence-corrected chi connectivity index (χ3v) is 3.45. The molecule has 0 saturated carbocycles. The second-order valence-corrected chi connectivity index (χ2v) is 5.60. The average molecular weight is 360 g/mol. The van der Waals surface area contributed by atoms with Gasteiger partial charge in [-0.15, -0.1) is 0 Å². The van der Waals surface area contributed by atoms with Crippen molar-refractivity contribution in [2.45, 2.75) is 37.5 Å². The highest BCUT2D eigenvalue weighted by Gasteiger charge is 2.48. The lowest BCUT2D eigenvalue weighted by Gasteiger charge is -2.25. The maximum Gasteiger partial charge on any atom is 0.491 e. The molecule has 1 fully saturated rings. The average Bonchev–Trinajstić information content (AvgIpc) is 2.95. The molecule has 0 aromatic rings. The molecule has 2 aliphatic rings. The molecule has 24 heavy (non-hydrogen) atoms. The zero-order chi connectivity index (χ0) is 18.2. The summed E-state index contributed by atoms with van der Waals surface area (Å²) in [4.78, 5) is 16.2. The largest absolute Gasteiger partial charge is 0.491 e. The van der Waals surface area contributed by atoms with Gasteiger partial charge in [0, 0.05) is 20.0 Å². The molecule has 2 atom stereocenters. The number of rotatable bonds is 3. The van der Waals surface area contributed by atoms with Crippen LogP contribution >= 0.6 is 0 Å². The van der Waals surface area contributed by atoms with E-state index in [0.717, 1.165) is 18.0 Å². The van der Waals surface area contributed by atoms with E-state index < -0.39 is 36.6 Å². The summed E-state index contributed by atoms with van der Waals surface area (Å²) in [6, 6.07) is -0.558. The monoisotopic (exact) mass is 360 g/mol. The van der Waals surface area contributed by atoms with Crippen molar-refractivity contribution in [2.75, 3.05) is 19.6 Å². The van der Waals surface area contributed by atoms with Crippen molar-refractivity contribution in [3.63, 3.8) is 0 Å². The fourth-order valence-electron chi connectivity index (χ4n) is 2.38. The number of hydrogen-bond donors (Lipinski definition) is 1. The van der Waals surface area contributed by atoms with Crippen LogP contribution in [0.25, 0.3) is 0 Å². The number of carbonyl (C=O) groups excluding carboxylic acids is 1. The minimum atomic E-state index is -5.19. The van der Waals surface area contributed by atoms with E-state index in [4.69, 9.17) is 0 Å². The Hall–Kier alpha value is -1.85. The van der Waals surface area contributed by atoms with Crippen LogP contribution in [0.4, 0.5) is 26.3 Å². The van der Waals surface area contributed by atoms with Gasteiger partial charge in [0.1, 0.15) is 5.71 Å². The number of hydrazone groups is 1. The lowest BCUT2D eigenvalue weighted by Crippen LogP contribution is -2.50. The summed E-state index contributed by atoms with van der Waals surface area (Å²) in [6.45, 7) is 0.205. The predicted octanol–water partition coefficient (Wildman–Crippen LogP) is 1.47. The van der Waals surface area contributed by atoms with E-state index in [1.165, 1.54) is 0 Å². The molecule has 2 rings (SSSR count). The van der Waals surface area contributed by atoms with Crippen molar-refractivity contribution in [3.8, 4) is 0 Å². The third kappa shape index (κ3) is 4.58. The number of aliphatic imine (C=N–C) groups is 1. The second kappa shape index (κ2) is 6.22. The Kier molecular flexibility index (Phi) is 4.79. The Balaban J connectivity index is 2.03. The topological polar surface area (TPSA) is 66.3 Å². The van der Waals surface area contributed by atoms with Crippen LogP contribution in [-0.4, -0.2) is 66.5 Å². The van der Waals surface area contributed by atoms with Gasteiger partial charge in [-0.25, -0.2) is 4.79 Å². The lowest BCUT2D eigenvalue weighted by molar-refractivity contribution is -0.209. The molecule has 2 unspecified atom stereocenters. The maximum absolute atomic E-state index is 12.3. The van der Waals surface area contributed by atoms with Crippen LogP contribution in [0.1, 0.15) is 13.3 Å². The van der Waals surface area contributed by atoms with Crippen LogP contribution < -0.4 is 5.43 Å². The van der Waals surface area contributed by atoms with E-state index in [1.54, 1.807) is 0 Å². The highest BCUT2D eigenvalue weighted by molar-refractivity contribution is 6.35. The third-order valence-electron chi connectivity index (χ3n) is 3.45. The highest BCUT2D eigenvalue weighted by atomic mass is 19.4. The quantitative estimate of drug-likeness (QED) is 0.612. The van der Waals surface area contributed by atoms with Crippen molar-refractivity contribution in [1.29, 1.82) is 0 Å². The molecular formula is C12H14F6N4O2. The Bertz CT molecular complexity index is 559. The molecule has 0 bridgehead atoms. The zero-order valence-electron chi connectivity index (χ0n) is 12.4. The molecule has 1 saturated heterocycles. The first-order valence-electron chi connectivity index (χ1n) is 6.87. The van der Waals surface area contributed by atoms with Gasteiger partial charge in [0.25, 0.3) is 0 Å². The number of nitrogens with zero attached hydrogens (tertiary/aromatic N) is 3. The highest BCUT2D eigenvalue weighted by Crippen LogP contribution is 2.25. The van der Waals surface area contributed by atoms with E-state index >= 15 is 0 Å². The first-order chi connectivity index (χ1) is 10.9. The fraction of sp³-hybridized carbons (Fsp3) is 0.750. The first-order valence-corrected chi connectivity index (χ1v) is 6.87. The van der Waals surface area contributed by atoms with Crippen LogP contribution in [0.2, 0.25) is 0 Å². The van der Waals surface area contributed by atoms with Crippen molar-refractivity contribution < 1.29 is 35.9 Å². The minimum absolute atomic E-state index is 0.000146. The molecule has 2 heterocycles. The van der Waals surface area contributed by atoms with Gasteiger partial charge in [-0.3, -0.25) is 15.3 Å². The van der Waals surface area contributed by atoms with Crippen molar-refractivity contribution in [1.82, 2.24) is 10.3 Å². The smallest absolute Gasteiger partial charge is 0.425 e. The van der Waals surface area contributed by atoms with Crippen LogP contribution in [-0.2, 0) is 9.53 Å². The molecular weight excluding hydrogens is 346 g/mol. The van der Waals surface area contributed by atoms with Gasteiger partial charge in [-0.05, 0) is 6.42 Å². The molecule has 0 amide bonds. The molecule has 0 aliphatic carbocycles. The number of alkyl halides is 6. The fourth-order valence-corrected chi connectivity index (χ4v) is 2.38. The summed E-state index contributed by atoms with van der Waals surface area (Å²) in [7, 11) is 0. The Labute approximate surface area is 132 Å². The molecule has 12 heteroatoms. The standard InChI is InChI=1S/C12H14F6N4O2/c1-10(24-9(23)12(16,17)18)8(4-19-21-10)20-7-2-3-22(5-7)6-11(13,14)15/h4,7,21H,2-3,5-6H2,1H3. The van der Waals surface area contributed by atoms with Crippen LogP contribution in [0.3, 0.4) is 0 Å². The number of esters is 1. The van der Waals surface area contributed by atoms with Crippen molar-refractivity contribution in [2.24, 2.45) is 10.1 Å². The van der Waals surface area contributed by atoms with E-state index in [1.807, 2.05) is 0 Å². The molecule has 1 N–H and O–H groups in total. The maximum atomic E-state index is 12.3. The summed E-state index contributed by atoms with van der Waals surface area (Å²) >= 11 is 0. The van der Waals surface area contributed by atoms with E-state index in [-0.39, 0.29) is 18.8 Å².